The lowest BCUT2D eigenvalue weighted by atomic mass is 9.88. The second kappa shape index (κ2) is 6.46. The van der Waals surface area contributed by atoms with E-state index in [1.165, 1.54) is 38.2 Å². The number of hydrogen-bond acceptors (Lipinski definition) is 1. The molecule has 1 aliphatic carbocycles. The molecule has 23 heavy (non-hydrogen) atoms. The Labute approximate surface area is 138 Å². The van der Waals surface area contributed by atoms with Crippen LogP contribution in [0.2, 0.25) is 0 Å². The van der Waals surface area contributed by atoms with E-state index in [1.807, 2.05) is 18.3 Å². The molecule has 1 fully saturated rings. The zero-order valence-corrected chi connectivity index (χ0v) is 14.5. The molecule has 2 nitrogen and oxygen atoms in total. The van der Waals surface area contributed by atoms with Gasteiger partial charge in [-0.15, -0.1) is 0 Å². The van der Waals surface area contributed by atoms with E-state index in [2.05, 4.69) is 25.3 Å². The Morgan fingerprint density at radius 2 is 1.83 bits per heavy atom. The van der Waals surface area contributed by atoms with Gasteiger partial charge in [0.25, 0.3) is 0 Å². The van der Waals surface area contributed by atoms with Crippen molar-refractivity contribution in [3.05, 3.63) is 42.1 Å². The fourth-order valence-corrected chi connectivity index (χ4v) is 3.60. The number of hydrogen-bond donors (Lipinski definition) is 0. The highest BCUT2D eigenvalue weighted by atomic mass is 19.1. The van der Waals surface area contributed by atoms with Gasteiger partial charge in [0.05, 0.1) is 5.69 Å². The Hall–Kier alpha value is -1.64. The SMILES string of the molecule is CC(C)(C)c1nc(-c2ccccc2F)cn1CC1CCCCC1. The van der Waals surface area contributed by atoms with Crippen LogP contribution in [0.4, 0.5) is 4.39 Å². The third kappa shape index (κ3) is 3.65. The van der Waals surface area contributed by atoms with Crippen LogP contribution in [0.5, 0.6) is 0 Å². The van der Waals surface area contributed by atoms with Crippen molar-refractivity contribution in [3.63, 3.8) is 0 Å². The average Bonchev–Trinajstić information content (AvgIpc) is 2.92. The Kier molecular flexibility index (Phi) is 4.56. The van der Waals surface area contributed by atoms with Crippen molar-refractivity contribution in [1.29, 1.82) is 0 Å². The van der Waals surface area contributed by atoms with Crippen LogP contribution in [0.3, 0.4) is 0 Å². The number of nitrogens with zero attached hydrogens (tertiary/aromatic N) is 2. The number of benzene rings is 1. The summed E-state index contributed by atoms with van der Waals surface area (Å²) in [6.07, 6.45) is 8.70. The van der Waals surface area contributed by atoms with Gasteiger partial charge in [0.15, 0.2) is 0 Å². The standard InChI is InChI=1S/C20H27FN2/c1-20(2,3)19-22-18(16-11-7-8-12-17(16)21)14-23(19)13-15-9-5-4-6-10-15/h7-8,11-12,14-15H,4-6,9-10,13H2,1-3H3. The lowest BCUT2D eigenvalue weighted by Gasteiger charge is -2.25. The molecule has 1 heterocycles. The fraction of sp³-hybridized carbons (Fsp3) is 0.550. The van der Waals surface area contributed by atoms with Crippen molar-refractivity contribution < 1.29 is 4.39 Å². The Morgan fingerprint density at radius 1 is 1.13 bits per heavy atom. The minimum absolute atomic E-state index is 0.0435. The Morgan fingerprint density at radius 3 is 2.48 bits per heavy atom. The van der Waals surface area contributed by atoms with Gasteiger partial charge in [-0.1, -0.05) is 52.2 Å². The van der Waals surface area contributed by atoms with Crippen LogP contribution in [0.1, 0.15) is 58.7 Å². The van der Waals surface area contributed by atoms with Crippen molar-refractivity contribution in [3.8, 4) is 11.3 Å². The third-order valence-corrected chi connectivity index (χ3v) is 4.78. The maximum atomic E-state index is 14.1. The summed E-state index contributed by atoms with van der Waals surface area (Å²) in [6.45, 7) is 7.54. The number of rotatable bonds is 3. The monoisotopic (exact) mass is 314 g/mol. The van der Waals surface area contributed by atoms with E-state index in [-0.39, 0.29) is 11.2 Å². The van der Waals surface area contributed by atoms with Crippen LogP contribution >= 0.6 is 0 Å². The summed E-state index contributed by atoms with van der Waals surface area (Å²) in [5, 5.41) is 0. The van der Waals surface area contributed by atoms with Crippen LogP contribution in [0.15, 0.2) is 30.5 Å². The molecular weight excluding hydrogens is 287 g/mol. The van der Waals surface area contributed by atoms with E-state index in [0.29, 0.717) is 5.56 Å². The lowest BCUT2D eigenvalue weighted by Crippen LogP contribution is -2.22. The summed E-state index contributed by atoms with van der Waals surface area (Å²) in [7, 11) is 0. The van der Waals surface area contributed by atoms with Crippen LogP contribution in [0, 0.1) is 11.7 Å². The summed E-state index contributed by atoms with van der Waals surface area (Å²) < 4.78 is 16.4. The molecule has 0 atom stereocenters. The van der Waals surface area contributed by atoms with Crippen molar-refractivity contribution in [2.75, 3.05) is 0 Å². The molecule has 124 valence electrons. The first-order valence-electron chi connectivity index (χ1n) is 8.77. The van der Waals surface area contributed by atoms with E-state index in [0.717, 1.165) is 24.0 Å². The van der Waals surface area contributed by atoms with Crippen LogP contribution < -0.4 is 0 Å². The summed E-state index contributed by atoms with van der Waals surface area (Å²) in [5.74, 6) is 1.59. The quantitative estimate of drug-likeness (QED) is 0.724. The molecule has 0 aliphatic heterocycles. The molecular formula is C20H27FN2. The van der Waals surface area contributed by atoms with Crippen molar-refractivity contribution in [1.82, 2.24) is 9.55 Å². The molecule has 3 heteroatoms. The minimum atomic E-state index is -0.199. The summed E-state index contributed by atoms with van der Waals surface area (Å²) in [6, 6.07) is 6.92. The van der Waals surface area contributed by atoms with Crippen molar-refractivity contribution in [2.45, 2.75) is 64.8 Å². The van der Waals surface area contributed by atoms with Gasteiger partial charge in [0.1, 0.15) is 11.6 Å². The van der Waals surface area contributed by atoms with Crippen LogP contribution in [0.25, 0.3) is 11.3 Å². The van der Waals surface area contributed by atoms with E-state index < -0.39 is 0 Å². The second-order valence-corrected chi connectivity index (χ2v) is 7.84. The van der Waals surface area contributed by atoms with Gasteiger partial charge in [-0.2, -0.15) is 0 Å². The molecule has 0 bridgehead atoms. The van der Waals surface area contributed by atoms with E-state index >= 15 is 0 Å². The fourth-order valence-electron chi connectivity index (χ4n) is 3.60. The molecule has 1 aromatic carbocycles. The van der Waals surface area contributed by atoms with Crippen molar-refractivity contribution in [2.24, 2.45) is 5.92 Å². The Balaban J connectivity index is 1.95. The van der Waals surface area contributed by atoms with Gasteiger partial charge in [0.2, 0.25) is 0 Å². The summed E-state index contributed by atoms with van der Waals surface area (Å²) in [4.78, 5) is 4.80. The highest BCUT2D eigenvalue weighted by molar-refractivity contribution is 5.59. The topological polar surface area (TPSA) is 17.8 Å². The van der Waals surface area contributed by atoms with E-state index in [4.69, 9.17) is 4.98 Å². The summed E-state index contributed by atoms with van der Waals surface area (Å²) in [5.41, 5.74) is 1.31. The summed E-state index contributed by atoms with van der Waals surface area (Å²) >= 11 is 0. The maximum absolute atomic E-state index is 14.1. The molecule has 1 saturated carbocycles. The highest BCUT2D eigenvalue weighted by Gasteiger charge is 2.25. The molecule has 0 radical (unpaired) electrons. The first kappa shape index (κ1) is 16.2. The Bertz CT molecular complexity index is 661. The molecule has 1 aliphatic rings. The predicted octanol–water partition coefficient (Wildman–Crippen LogP) is 5.57. The van der Waals surface area contributed by atoms with E-state index in [1.54, 1.807) is 6.07 Å². The normalized spacial score (nSPS) is 16.7. The largest absolute Gasteiger partial charge is 0.334 e. The smallest absolute Gasteiger partial charge is 0.132 e. The third-order valence-electron chi connectivity index (χ3n) is 4.78. The molecule has 0 saturated heterocycles. The van der Waals surface area contributed by atoms with Gasteiger partial charge < -0.3 is 4.57 Å². The minimum Gasteiger partial charge on any atom is -0.334 e. The molecule has 0 N–H and O–H groups in total. The van der Waals surface area contributed by atoms with Crippen LogP contribution in [-0.4, -0.2) is 9.55 Å². The zero-order chi connectivity index (χ0) is 16.4. The zero-order valence-electron chi connectivity index (χ0n) is 14.5. The molecule has 0 amide bonds. The lowest BCUT2D eigenvalue weighted by molar-refractivity contribution is 0.309. The predicted molar refractivity (Wildman–Crippen MR) is 92.9 cm³/mol. The van der Waals surface area contributed by atoms with Crippen LogP contribution in [-0.2, 0) is 12.0 Å². The molecule has 0 unspecified atom stereocenters. The van der Waals surface area contributed by atoms with Gasteiger partial charge in [-0.05, 0) is 30.9 Å². The highest BCUT2D eigenvalue weighted by Crippen LogP contribution is 2.31. The first-order valence-corrected chi connectivity index (χ1v) is 8.77. The number of halogens is 1. The molecule has 1 aromatic heterocycles. The second-order valence-electron chi connectivity index (χ2n) is 7.84. The molecule has 3 rings (SSSR count). The molecule has 0 spiro atoms. The maximum Gasteiger partial charge on any atom is 0.132 e. The average molecular weight is 314 g/mol. The number of imidazole rings is 1. The first-order chi connectivity index (χ1) is 10.9. The van der Waals surface area contributed by atoms with E-state index in [9.17, 15) is 4.39 Å². The van der Waals surface area contributed by atoms with Gasteiger partial charge in [-0.3, -0.25) is 0 Å². The van der Waals surface area contributed by atoms with Crippen molar-refractivity contribution >= 4 is 0 Å². The van der Waals surface area contributed by atoms with Gasteiger partial charge >= 0.3 is 0 Å². The number of aromatic nitrogens is 2. The van der Waals surface area contributed by atoms with Gasteiger partial charge in [0, 0.05) is 23.7 Å². The van der Waals surface area contributed by atoms with Gasteiger partial charge in [-0.25, -0.2) is 9.37 Å². The molecule has 2 aromatic rings.